The first-order valence-electron chi connectivity index (χ1n) is 14.1. The molecule has 4 heteroatoms. The Balaban J connectivity index is 0.000000830. The van der Waals surface area contributed by atoms with E-state index in [0.717, 1.165) is 25.7 Å². The summed E-state index contributed by atoms with van der Waals surface area (Å²) in [5.41, 5.74) is 0.586. The van der Waals surface area contributed by atoms with Crippen molar-refractivity contribution in [2.24, 2.45) is 0 Å². The van der Waals surface area contributed by atoms with Crippen LogP contribution in [0.2, 0.25) is 0 Å². The van der Waals surface area contributed by atoms with E-state index in [4.69, 9.17) is 9.47 Å². The fourth-order valence-corrected chi connectivity index (χ4v) is 4.15. The lowest BCUT2D eigenvalue weighted by Gasteiger charge is -2.10. The molecule has 194 valence electrons. The Morgan fingerprint density at radius 3 is 1.24 bits per heavy atom. The largest absolute Gasteiger partial charge is 0.462 e. The molecule has 4 nitrogen and oxygen atoms in total. The van der Waals surface area contributed by atoms with Gasteiger partial charge in [0.25, 0.3) is 0 Å². The van der Waals surface area contributed by atoms with Crippen molar-refractivity contribution in [1.82, 2.24) is 0 Å². The monoisotopic (exact) mass is 474 g/mol. The van der Waals surface area contributed by atoms with Gasteiger partial charge in [0, 0.05) is 0 Å². The summed E-state index contributed by atoms with van der Waals surface area (Å²) in [5, 5.41) is 0. The number of carbonyl (C=O) groups excluding carboxylic acids is 2. The molecule has 1 fully saturated rings. The molecule has 1 aliphatic carbocycles. The highest BCUT2D eigenvalue weighted by molar-refractivity contribution is 6.03. The summed E-state index contributed by atoms with van der Waals surface area (Å²) in [6.45, 7) is 5.17. The Kier molecular flexibility index (Phi) is 19.2. The van der Waals surface area contributed by atoms with Gasteiger partial charge < -0.3 is 9.47 Å². The second-order valence-corrected chi connectivity index (χ2v) is 9.47. The maximum absolute atomic E-state index is 12.4. The number of hydrogen-bond donors (Lipinski definition) is 0. The zero-order chi connectivity index (χ0) is 24.7. The van der Waals surface area contributed by atoms with Crippen LogP contribution in [-0.4, -0.2) is 25.2 Å². The number of ether oxygens (including phenoxy) is 2. The van der Waals surface area contributed by atoms with Crippen molar-refractivity contribution >= 4 is 11.9 Å². The van der Waals surface area contributed by atoms with Crippen LogP contribution in [0, 0.1) is 0 Å². The van der Waals surface area contributed by atoms with Gasteiger partial charge in [-0.25, -0.2) is 9.59 Å². The maximum atomic E-state index is 12.4. The maximum Gasteiger partial charge on any atom is 0.339 e. The van der Waals surface area contributed by atoms with Crippen molar-refractivity contribution in [3.8, 4) is 0 Å². The highest BCUT2D eigenvalue weighted by Crippen LogP contribution is 2.15. The molecule has 0 radical (unpaired) electrons. The van der Waals surface area contributed by atoms with Crippen LogP contribution in [0.25, 0.3) is 0 Å². The van der Waals surface area contributed by atoms with E-state index in [1.807, 2.05) is 0 Å². The molecule has 1 aromatic carbocycles. The van der Waals surface area contributed by atoms with Gasteiger partial charge in [-0.2, -0.15) is 0 Å². The van der Waals surface area contributed by atoms with Gasteiger partial charge in [-0.05, 0) is 25.0 Å². The Morgan fingerprint density at radius 1 is 0.559 bits per heavy atom. The average Bonchev–Trinajstić information content (AvgIpc) is 2.88. The molecule has 0 saturated heterocycles. The van der Waals surface area contributed by atoms with Gasteiger partial charge in [0.15, 0.2) is 0 Å². The number of carbonyl (C=O) groups is 2. The summed E-state index contributed by atoms with van der Waals surface area (Å²) in [6, 6.07) is 6.74. The van der Waals surface area contributed by atoms with E-state index in [0.29, 0.717) is 24.3 Å². The summed E-state index contributed by atoms with van der Waals surface area (Å²) >= 11 is 0. The van der Waals surface area contributed by atoms with E-state index in [-0.39, 0.29) is 0 Å². The fourth-order valence-electron chi connectivity index (χ4n) is 4.15. The number of unbranched alkanes of at least 4 members (excludes halogenated alkanes) is 10. The third-order valence-corrected chi connectivity index (χ3v) is 6.33. The minimum Gasteiger partial charge on any atom is -0.462 e. The molecule has 0 bridgehead atoms. The van der Waals surface area contributed by atoms with Crippen molar-refractivity contribution in [1.29, 1.82) is 0 Å². The van der Waals surface area contributed by atoms with Gasteiger partial charge in [-0.1, -0.05) is 129 Å². The van der Waals surface area contributed by atoms with Gasteiger partial charge in [-0.3, -0.25) is 0 Å². The smallest absolute Gasteiger partial charge is 0.339 e. The number of benzene rings is 1. The van der Waals surface area contributed by atoms with Crippen molar-refractivity contribution in [3.63, 3.8) is 0 Å². The third-order valence-electron chi connectivity index (χ3n) is 6.33. The van der Waals surface area contributed by atoms with Crippen LogP contribution in [0.3, 0.4) is 0 Å². The predicted octanol–water partition coefficient (Wildman–Crippen LogP) is 9.06. The Hall–Kier alpha value is -1.84. The lowest BCUT2D eigenvalue weighted by atomic mass is 10.0. The standard InChI is InChI=1S/C24H38O4.C6H12/c1-3-5-7-9-11-15-19-27-23(25)21-17-13-14-18-22(21)24(26)28-20-16-12-10-8-6-4-2;1-2-4-6-5-3-1/h13-14,17-18H,3-12,15-16,19-20H2,1-2H3;1-6H2. The van der Waals surface area contributed by atoms with Crippen LogP contribution in [0.5, 0.6) is 0 Å². The first-order valence-corrected chi connectivity index (χ1v) is 14.1. The van der Waals surface area contributed by atoms with Crippen LogP contribution < -0.4 is 0 Å². The average molecular weight is 475 g/mol. The molecule has 0 N–H and O–H groups in total. The van der Waals surface area contributed by atoms with Gasteiger partial charge in [-0.15, -0.1) is 0 Å². The minimum atomic E-state index is -0.444. The second kappa shape index (κ2) is 21.7. The van der Waals surface area contributed by atoms with Gasteiger partial charge in [0.2, 0.25) is 0 Å². The Bertz CT molecular complexity index is 576. The van der Waals surface area contributed by atoms with Crippen LogP contribution in [0.1, 0.15) is 150 Å². The third kappa shape index (κ3) is 15.1. The molecule has 0 atom stereocenters. The zero-order valence-electron chi connectivity index (χ0n) is 22.1. The molecule has 2 rings (SSSR count). The van der Waals surface area contributed by atoms with Crippen LogP contribution in [-0.2, 0) is 9.47 Å². The van der Waals surface area contributed by atoms with Crippen molar-refractivity contribution < 1.29 is 19.1 Å². The number of rotatable bonds is 16. The molecular weight excluding hydrogens is 424 g/mol. The number of esters is 2. The van der Waals surface area contributed by atoms with Crippen molar-refractivity contribution in [3.05, 3.63) is 35.4 Å². The molecular formula is C30H50O4. The molecule has 0 aliphatic heterocycles. The molecule has 0 amide bonds. The SMILES string of the molecule is C1CCCCC1.CCCCCCCCOC(=O)c1ccccc1C(=O)OCCCCCCCC. The molecule has 1 aliphatic rings. The lowest BCUT2D eigenvalue weighted by Crippen LogP contribution is -2.15. The van der Waals surface area contributed by atoms with Crippen LogP contribution in [0.15, 0.2) is 24.3 Å². The lowest BCUT2D eigenvalue weighted by molar-refractivity contribution is 0.0450. The Labute approximate surface area is 209 Å². The summed E-state index contributed by atoms with van der Waals surface area (Å²) in [6.07, 6.45) is 22.6. The van der Waals surface area contributed by atoms with E-state index in [9.17, 15) is 9.59 Å². The number of hydrogen-bond acceptors (Lipinski definition) is 4. The van der Waals surface area contributed by atoms with Crippen molar-refractivity contribution in [2.45, 2.75) is 129 Å². The fraction of sp³-hybridized carbons (Fsp3) is 0.733. The molecule has 0 aromatic heterocycles. The minimum absolute atomic E-state index is 0.293. The summed E-state index contributed by atoms with van der Waals surface area (Å²) in [5.74, 6) is -0.888. The first kappa shape index (κ1) is 30.2. The molecule has 34 heavy (non-hydrogen) atoms. The zero-order valence-corrected chi connectivity index (χ0v) is 22.1. The second-order valence-electron chi connectivity index (χ2n) is 9.47. The van der Waals surface area contributed by atoms with Crippen LogP contribution >= 0.6 is 0 Å². The quantitative estimate of drug-likeness (QED) is 0.177. The first-order chi connectivity index (χ1) is 16.7. The molecule has 0 unspecified atom stereocenters. The highest BCUT2D eigenvalue weighted by Gasteiger charge is 2.18. The van der Waals surface area contributed by atoms with E-state index in [1.165, 1.54) is 89.9 Å². The van der Waals surface area contributed by atoms with Gasteiger partial charge in [0.1, 0.15) is 0 Å². The van der Waals surface area contributed by atoms with Crippen molar-refractivity contribution in [2.75, 3.05) is 13.2 Å². The Morgan fingerprint density at radius 2 is 0.882 bits per heavy atom. The molecule has 0 spiro atoms. The van der Waals surface area contributed by atoms with Gasteiger partial charge in [0.05, 0.1) is 24.3 Å². The summed E-state index contributed by atoms with van der Waals surface area (Å²) in [4.78, 5) is 24.7. The van der Waals surface area contributed by atoms with E-state index in [1.54, 1.807) is 24.3 Å². The van der Waals surface area contributed by atoms with E-state index < -0.39 is 11.9 Å². The molecule has 1 saturated carbocycles. The van der Waals surface area contributed by atoms with E-state index >= 15 is 0 Å². The highest BCUT2D eigenvalue weighted by atomic mass is 16.5. The molecule has 1 aromatic rings. The van der Waals surface area contributed by atoms with Gasteiger partial charge >= 0.3 is 11.9 Å². The normalized spacial score (nSPS) is 13.0. The molecule has 0 heterocycles. The van der Waals surface area contributed by atoms with E-state index in [2.05, 4.69) is 13.8 Å². The van der Waals surface area contributed by atoms with Crippen LogP contribution in [0.4, 0.5) is 0 Å². The predicted molar refractivity (Wildman–Crippen MR) is 141 cm³/mol. The summed E-state index contributed by atoms with van der Waals surface area (Å²) < 4.78 is 10.7. The summed E-state index contributed by atoms with van der Waals surface area (Å²) in [7, 11) is 0. The topological polar surface area (TPSA) is 52.6 Å².